The Morgan fingerprint density at radius 3 is 2.23 bits per heavy atom. The van der Waals surface area contributed by atoms with Crippen molar-refractivity contribution in [1.29, 1.82) is 0 Å². The molecule has 7 nitrogen and oxygen atoms in total. The third-order valence-electron chi connectivity index (χ3n) is 4.79. The second-order valence-corrected chi connectivity index (χ2v) is 7.04. The van der Waals surface area contributed by atoms with Gasteiger partial charge in [0.1, 0.15) is 11.5 Å². The van der Waals surface area contributed by atoms with Gasteiger partial charge in [-0.05, 0) is 54.2 Å². The summed E-state index contributed by atoms with van der Waals surface area (Å²) < 4.78 is 10.5. The summed E-state index contributed by atoms with van der Waals surface area (Å²) in [5, 5.41) is 6.70. The zero-order valence-electron chi connectivity index (χ0n) is 18.4. The normalized spacial score (nSPS) is 11.8. The summed E-state index contributed by atoms with van der Waals surface area (Å²) in [5.74, 6) is 2.26. The van der Waals surface area contributed by atoms with E-state index in [1.807, 2.05) is 36.4 Å². The minimum Gasteiger partial charge on any atom is -0.497 e. The number of halogens is 1. The fourth-order valence-corrected chi connectivity index (χ4v) is 2.96. The van der Waals surface area contributed by atoms with Crippen molar-refractivity contribution in [3.8, 4) is 11.5 Å². The van der Waals surface area contributed by atoms with E-state index in [1.165, 1.54) is 5.56 Å². The maximum absolute atomic E-state index is 10.7. The minimum atomic E-state index is -0.486. The number of carbonyl (C=O) groups is 1. The molecule has 0 aromatic heterocycles. The number of hydrogen-bond donors (Lipinski definition) is 3. The van der Waals surface area contributed by atoms with Gasteiger partial charge in [-0.25, -0.2) is 0 Å². The Labute approximate surface area is 201 Å². The molecule has 4 N–H and O–H groups in total. The van der Waals surface area contributed by atoms with E-state index in [4.69, 9.17) is 15.2 Å². The lowest BCUT2D eigenvalue weighted by molar-refractivity contribution is -0.119. The van der Waals surface area contributed by atoms with Crippen LogP contribution in [0.1, 0.15) is 30.4 Å². The molecule has 1 amide bonds. The maximum atomic E-state index is 10.7. The van der Waals surface area contributed by atoms with Crippen molar-refractivity contribution in [2.24, 2.45) is 10.7 Å². The number of amides is 1. The molecule has 1 atom stereocenters. The topological polar surface area (TPSA) is 98.0 Å². The molecule has 0 bridgehead atoms. The maximum Gasteiger partial charge on any atom is 0.255 e. The second-order valence-electron chi connectivity index (χ2n) is 7.04. The predicted molar refractivity (Wildman–Crippen MR) is 136 cm³/mol. The number of methoxy groups -OCH3 is 1. The van der Waals surface area contributed by atoms with E-state index in [2.05, 4.69) is 34.7 Å². The molecule has 0 fully saturated rings. The molecule has 0 heterocycles. The number of guanidine groups is 1. The van der Waals surface area contributed by atoms with Gasteiger partial charge in [0.15, 0.2) is 12.6 Å². The zero-order chi connectivity index (χ0) is 21.8. The second kappa shape index (κ2) is 14.5. The van der Waals surface area contributed by atoms with Crippen molar-refractivity contribution in [3.63, 3.8) is 0 Å². The number of aliphatic imine (C=N–C) groups is 1. The molecule has 0 saturated heterocycles. The molecule has 0 aliphatic carbocycles. The summed E-state index contributed by atoms with van der Waals surface area (Å²) in [5.41, 5.74) is 7.53. The Morgan fingerprint density at radius 1 is 1.03 bits per heavy atom. The Bertz CT molecular complexity index is 811. The van der Waals surface area contributed by atoms with E-state index in [1.54, 1.807) is 14.2 Å². The van der Waals surface area contributed by atoms with E-state index in [9.17, 15) is 4.79 Å². The number of carbonyl (C=O) groups excluding carboxylic acids is 1. The summed E-state index contributed by atoms with van der Waals surface area (Å²) in [6.07, 6.45) is 1.85. The van der Waals surface area contributed by atoms with Crippen molar-refractivity contribution >= 4 is 35.8 Å². The Morgan fingerprint density at radius 2 is 1.65 bits per heavy atom. The number of nitrogens with zero attached hydrogens (tertiary/aromatic N) is 1. The van der Waals surface area contributed by atoms with E-state index in [0.717, 1.165) is 43.2 Å². The lowest BCUT2D eigenvalue weighted by Crippen LogP contribution is -2.39. The van der Waals surface area contributed by atoms with Gasteiger partial charge in [-0.15, -0.1) is 24.0 Å². The molecule has 2 aromatic rings. The van der Waals surface area contributed by atoms with Crippen LogP contribution in [0, 0.1) is 0 Å². The monoisotopic (exact) mass is 540 g/mol. The smallest absolute Gasteiger partial charge is 0.255 e. The molecular weight excluding hydrogens is 507 g/mol. The van der Waals surface area contributed by atoms with E-state index >= 15 is 0 Å². The number of primary amides is 1. The lowest BCUT2D eigenvalue weighted by atomic mass is 9.98. The van der Waals surface area contributed by atoms with Crippen LogP contribution in [0.5, 0.6) is 11.5 Å². The van der Waals surface area contributed by atoms with Gasteiger partial charge in [-0.2, -0.15) is 0 Å². The number of rotatable bonds is 11. The first-order chi connectivity index (χ1) is 14.5. The van der Waals surface area contributed by atoms with Crippen LogP contribution in [-0.4, -0.2) is 45.7 Å². The van der Waals surface area contributed by atoms with E-state index < -0.39 is 5.91 Å². The van der Waals surface area contributed by atoms with Crippen molar-refractivity contribution in [2.45, 2.75) is 25.7 Å². The average Bonchev–Trinajstić information content (AvgIpc) is 2.77. The molecule has 2 rings (SSSR count). The third kappa shape index (κ3) is 9.91. The summed E-state index contributed by atoms with van der Waals surface area (Å²) in [6, 6.07) is 15.8. The predicted octanol–water partition coefficient (Wildman–Crippen LogP) is 3.08. The largest absolute Gasteiger partial charge is 0.497 e. The molecule has 31 heavy (non-hydrogen) atoms. The molecule has 0 spiro atoms. The number of hydrogen-bond acceptors (Lipinski definition) is 4. The fraction of sp³-hybridized carbons (Fsp3) is 0.391. The van der Waals surface area contributed by atoms with Crippen LogP contribution in [-0.2, 0) is 11.2 Å². The first-order valence-electron chi connectivity index (χ1n) is 10.1. The van der Waals surface area contributed by atoms with Crippen LogP contribution in [0.25, 0.3) is 0 Å². The van der Waals surface area contributed by atoms with Crippen LogP contribution in [0.3, 0.4) is 0 Å². The molecule has 0 aliphatic heterocycles. The highest BCUT2D eigenvalue weighted by Crippen LogP contribution is 2.21. The Kier molecular flexibility index (Phi) is 12.4. The molecule has 0 saturated carbocycles. The van der Waals surface area contributed by atoms with Crippen LogP contribution >= 0.6 is 24.0 Å². The van der Waals surface area contributed by atoms with E-state index in [-0.39, 0.29) is 30.6 Å². The molecule has 1 unspecified atom stereocenters. The average molecular weight is 540 g/mol. The molecule has 8 heteroatoms. The molecule has 2 aromatic carbocycles. The zero-order valence-corrected chi connectivity index (χ0v) is 20.7. The molecule has 170 valence electrons. The van der Waals surface area contributed by atoms with Gasteiger partial charge < -0.3 is 25.8 Å². The van der Waals surface area contributed by atoms with Crippen molar-refractivity contribution in [3.05, 3.63) is 59.7 Å². The Hall–Kier alpha value is -2.49. The van der Waals surface area contributed by atoms with Crippen molar-refractivity contribution in [2.75, 3.05) is 33.9 Å². The lowest BCUT2D eigenvalue weighted by Gasteiger charge is -2.15. The molecule has 0 radical (unpaired) electrons. The molecular formula is C23H33IN4O3. The highest BCUT2D eigenvalue weighted by molar-refractivity contribution is 14.0. The fourth-order valence-electron chi connectivity index (χ4n) is 2.96. The number of nitrogens with one attached hydrogen (secondary N) is 2. The van der Waals surface area contributed by atoms with E-state index in [0.29, 0.717) is 11.7 Å². The van der Waals surface area contributed by atoms with Crippen LogP contribution in [0.4, 0.5) is 0 Å². The summed E-state index contributed by atoms with van der Waals surface area (Å²) in [7, 11) is 3.45. The minimum absolute atomic E-state index is 0. The standard InChI is InChI=1S/C23H32N4O3.HI/c1-17(19-6-10-20(29-3)11-7-19)12-14-26-23(25-2)27-15-13-18-4-8-21(9-5-18)30-16-22(24)28;/h4-11,17H,12-16H2,1-3H3,(H2,24,28)(H2,25,26,27);1H. The quantitative estimate of drug-likeness (QED) is 0.231. The van der Waals surface area contributed by atoms with Gasteiger partial charge in [-0.3, -0.25) is 9.79 Å². The van der Waals surface area contributed by atoms with Gasteiger partial charge in [0, 0.05) is 20.1 Å². The van der Waals surface area contributed by atoms with Gasteiger partial charge in [-0.1, -0.05) is 31.2 Å². The number of benzene rings is 2. The van der Waals surface area contributed by atoms with Gasteiger partial charge in [0.05, 0.1) is 7.11 Å². The van der Waals surface area contributed by atoms with Crippen LogP contribution < -0.4 is 25.8 Å². The van der Waals surface area contributed by atoms with Gasteiger partial charge >= 0.3 is 0 Å². The Balaban J connectivity index is 0.00000480. The number of nitrogens with two attached hydrogens (primary N) is 1. The first-order valence-corrected chi connectivity index (χ1v) is 10.1. The molecule has 0 aliphatic rings. The van der Waals surface area contributed by atoms with Gasteiger partial charge in [0.25, 0.3) is 5.91 Å². The van der Waals surface area contributed by atoms with Crippen molar-refractivity contribution < 1.29 is 14.3 Å². The third-order valence-corrected chi connectivity index (χ3v) is 4.79. The highest BCUT2D eigenvalue weighted by Gasteiger charge is 2.06. The van der Waals surface area contributed by atoms with Gasteiger partial charge in [0.2, 0.25) is 0 Å². The summed E-state index contributed by atoms with van der Waals surface area (Å²) in [4.78, 5) is 15.0. The van der Waals surface area contributed by atoms with Crippen LogP contribution in [0.2, 0.25) is 0 Å². The van der Waals surface area contributed by atoms with Crippen LogP contribution in [0.15, 0.2) is 53.5 Å². The summed E-state index contributed by atoms with van der Waals surface area (Å²) >= 11 is 0. The van der Waals surface area contributed by atoms with Crippen molar-refractivity contribution in [1.82, 2.24) is 10.6 Å². The first kappa shape index (κ1) is 26.5. The number of ether oxygens (including phenoxy) is 2. The highest BCUT2D eigenvalue weighted by atomic mass is 127. The summed E-state index contributed by atoms with van der Waals surface area (Å²) in [6.45, 7) is 3.70. The SMILES string of the molecule is CN=C(NCCc1ccc(OCC(N)=O)cc1)NCCC(C)c1ccc(OC)cc1.I.